The monoisotopic (exact) mass is 345 g/mol. The number of nitrogens with one attached hydrogen (secondary N) is 2. The van der Waals surface area contributed by atoms with E-state index in [-0.39, 0.29) is 0 Å². The maximum absolute atomic E-state index is 11.2. The van der Waals surface area contributed by atoms with Crippen LogP contribution in [0.15, 0.2) is 29.3 Å². The summed E-state index contributed by atoms with van der Waals surface area (Å²) < 4.78 is 0. The summed E-state index contributed by atoms with van der Waals surface area (Å²) in [5, 5.41) is 6.62. The Kier molecular flexibility index (Phi) is 7.73. The molecule has 1 saturated heterocycles. The number of likely N-dealkylation sites (tertiary alicyclic amines) is 1. The molecule has 1 aromatic carbocycles. The van der Waals surface area contributed by atoms with Gasteiger partial charge in [-0.3, -0.25) is 9.79 Å². The third kappa shape index (κ3) is 6.38. The molecule has 0 aromatic heterocycles. The number of guanidine groups is 1. The number of benzene rings is 1. The van der Waals surface area contributed by atoms with Gasteiger partial charge in [0.1, 0.15) is 0 Å². The first-order chi connectivity index (χ1) is 12.1. The minimum Gasteiger partial charge on any atom is -0.366 e. The number of primary amides is 1. The zero-order valence-electron chi connectivity index (χ0n) is 15.4. The fourth-order valence-electron chi connectivity index (χ4n) is 3.22. The van der Waals surface area contributed by atoms with Crippen molar-refractivity contribution in [3.63, 3.8) is 0 Å². The van der Waals surface area contributed by atoms with Crippen LogP contribution in [0.3, 0.4) is 0 Å². The van der Waals surface area contributed by atoms with Crippen molar-refractivity contribution in [2.75, 3.05) is 26.7 Å². The van der Waals surface area contributed by atoms with Gasteiger partial charge in [-0.25, -0.2) is 0 Å². The molecule has 4 N–H and O–H groups in total. The van der Waals surface area contributed by atoms with Crippen LogP contribution in [0.2, 0.25) is 0 Å². The van der Waals surface area contributed by atoms with E-state index >= 15 is 0 Å². The molecule has 1 aliphatic heterocycles. The van der Waals surface area contributed by atoms with Crippen molar-refractivity contribution in [1.29, 1.82) is 0 Å². The molecule has 0 spiro atoms. The molecule has 6 nitrogen and oxygen atoms in total. The number of nitrogens with two attached hydrogens (primary N) is 1. The Labute approximate surface area is 150 Å². The lowest BCUT2D eigenvalue weighted by molar-refractivity contribution is 0.1000. The Balaban J connectivity index is 1.70. The molecule has 2 rings (SSSR count). The van der Waals surface area contributed by atoms with Crippen molar-refractivity contribution in [3.8, 4) is 0 Å². The van der Waals surface area contributed by atoms with Gasteiger partial charge in [0, 0.05) is 38.3 Å². The van der Waals surface area contributed by atoms with E-state index in [4.69, 9.17) is 5.73 Å². The van der Waals surface area contributed by atoms with Gasteiger partial charge in [0.25, 0.3) is 0 Å². The number of hydrogen-bond donors (Lipinski definition) is 3. The SMILES string of the molecule is CN=C(NCCCN1CCCCC1C)NCc1cccc(C(N)=O)c1. The summed E-state index contributed by atoms with van der Waals surface area (Å²) in [5.74, 6) is 0.368. The largest absolute Gasteiger partial charge is 0.366 e. The van der Waals surface area contributed by atoms with Crippen LogP contribution in [0.4, 0.5) is 0 Å². The molecule has 1 amide bonds. The second kappa shape index (κ2) is 10.0. The Morgan fingerprint density at radius 3 is 2.92 bits per heavy atom. The quantitative estimate of drug-likeness (QED) is 0.399. The number of aliphatic imine (C=N–C) groups is 1. The summed E-state index contributed by atoms with van der Waals surface area (Å²) in [6, 6.07) is 8.04. The Morgan fingerprint density at radius 2 is 2.20 bits per heavy atom. The van der Waals surface area contributed by atoms with Gasteiger partial charge in [0.15, 0.2) is 5.96 Å². The molecule has 0 radical (unpaired) electrons. The molecule has 0 aliphatic carbocycles. The van der Waals surface area contributed by atoms with Gasteiger partial charge >= 0.3 is 0 Å². The molecule has 1 aromatic rings. The first-order valence-corrected chi connectivity index (χ1v) is 9.17. The topological polar surface area (TPSA) is 82.8 Å². The standard InChI is InChI=1S/C19H31N5O/c1-15-7-3-4-11-24(15)12-6-10-22-19(21-2)23-14-16-8-5-9-17(13-16)18(20)25/h5,8-9,13,15H,3-4,6-7,10-12,14H2,1-2H3,(H2,20,25)(H2,21,22,23). The normalized spacial score (nSPS) is 18.8. The minimum absolute atomic E-state index is 0.406. The molecule has 25 heavy (non-hydrogen) atoms. The van der Waals surface area contributed by atoms with Gasteiger partial charge in [-0.2, -0.15) is 0 Å². The van der Waals surface area contributed by atoms with Crippen LogP contribution in [-0.4, -0.2) is 49.5 Å². The maximum Gasteiger partial charge on any atom is 0.248 e. The van der Waals surface area contributed by atoms with Crippen LogP contribution in [0.1, 0.15) is 48.5 Å². The molecule has 0 bridgehead atoms. The highest BCUT2D eigenvalue weighted by Gasteiger charge is 2.17. The second-order valence-corrected chi connectivity index (χ2v) is 6.65. The Morgan fingerprint density at radius 1 is 1.36 bits per heavy atom. The number of hydrogen-bond acceptors (Lipinski definition) is 3. The highest BCUT2D eigenvalue weighted by atomic mass is 16.1. The molecule has 1 atom stereocenters. The highest BCUT2D eigenvalue weighted by molar-refractivity contribution is 5.92. The van der Waals surface area contributed by atoms with Gasteiger partial charge in [0.05, 0.1) is 0 Å². The predicted octanol–water partition coefficient (Wildman–Crippen LogP) is 1.71. The number of carbonyl (C=O) groups is 1. The van der Waals surface area contributed by atoms with Crippen LogP contribution in [0, 0.1) is 0 Å². The smallest absolute Gasteiger partial charge is 0.248 e. The average molecular weight is 345 g/mol. The molecule has 1 aliphatic rings. The van der Waals surface area contributed by atoms with Crippen molar-refractivity contribution >= 4 is 11.9 Å². The van der Waals surface area contributed by atoms with Gasteiger partial charge in [-0.05, 0) is 50.4 Å². The first-order valence-electron chi connectivity index (χ1n) is 9.17. The molecule has 6 heteroatoms. The summed E-state index contributed by atoms with van der Waals surface area (Å²) in [7, 11) is 1.77. The lowest BCUT2D eigenvalue weighted by atomic mass is 10.0. The zero-order valence-corrected chi connectivity index (χ0v) is 15.4. The minimum atomic E-state index is -0.406. The molecular formula is C19H31N5O. The fraction of sp³-hybridized carbons (Fsp3) is 0.579. The summed E-state index contributed by atoms with van der Waals surface area (Å²) in [4.78, 5) is 18.1. The number of amides is 1. The molecular weight excluding hydrogens is 314 g/mol. The number of piperidine rings is 1. The van der Waals surface area contributed by atoms with Crippen molar-refractivity contribution in [2.45, 2.75) is 45.2 Å². The molecule has 1 fully saturated rings. The Bertz CT molecular complexity index is 587. The van der Waals surface area contributed by atoms with Crippen molar-refractivity contribution in [1.82, 2.24) is 15.5 Å². The molecule has 1 heterocycles. The third-order valence-corrected chi connectivity index (χ3v) is 4.75. The summed E-state index contributed by atoms with van der Waals surface area (Å²) >= 11 is 0. The van der Waals surface area contributed by atoms with E-state index in [0.29, 0.717) is 18.2 Å². The van der Waals surface area contributed by atoms with Crippen molar-refractivity contribution in [2.24, 2.45) is 10.7 Å². The van der Waals surface area contributed by atoms with E-state index in [1.54, 1.807) is 19.2 Å². The lowest BCUT2D eigenvalue weighted by Gasteiger charge is -2.33. The van der Waals surface area contributed by atoms with Crippen LogP contribution in [0.5, 0.6) is 0 Å². The summed E-state index contributed by atoms with van der Waals surface area (Å²) in [6.07, 6.45) is 5.11. The van der Waals surface area contributed by atoms with E-state index in [1.165, 1.54) is 25.8 Å². The third-order valence-electron chi connectivity index (χ3n) is 4.75. The van der Waals surface area contributed by atoms with Gasteiger partial charge in [0.2, 0.25) is 5.91 Å². The molecule has 1 unspecified atom stereocenters. The van der Waals surface area contributed by atoms with E-state index in [9.17, 15) is 4.79 Å². The van der Waals surface area contributed by atoms with Crippen LogP contribution in [0.25, 0.3) is 0 Å². The number of nitrogens with zero attached hydrogens (tertiary/aromatic N) is 2. The zero-order chi connectivity index (χ0) is 18.1. The Hall–Kier alpha value is -2.08. The number of rotatable bonds is 7. The predicted molar refractivity (Wildman–Crippen MR) is 103 cm³/mol. The van der Waals surface area contributed by atoms with Gasteiger partial charge in [-0.1, -0.05) is 18.6 Å². The summed E-state index contributed by atoms with van der Waals surface area (Å²) in [6.45, 7) is 6.18. The van der Waals surface area contributed by atoms with E-state index in [0.717, 1.165) is 31.0 Å². The molecule has 138 valence electrons. The summed E-state index contributed by atoms with van der Waals surface area (Å²) in [5.41, 5.74) is 6.84. The van der Waals surface area contributed by atoms with Gasteiger partial charge < -0.3 is 21.3 Å². The maximum atomic E-state index is 11.2. The lowest BCUT2D eigenvalue weighted by Crippen LogP contribution is -2.41. The van der Waals surface area contributed by atoms with Crippen LogP contribution >= 0.6 is 0 Å². The van der Waals surface area contributed by atoms with E-state index in [2.05, 4.69) is 27.4 Å². The first kappa shape index (κ1) is 19.2. The highest BCUT2D eigenvalue weighted by Crippen LogP contribution is 2.16. The van der Waals surface area contributed by atoms with Crippen LogP contribution < -0.4 is 16.4 Å². The van der Waals surface area contributed by atoms with E-state index < -0.39 is 5.91 Å². The molecule has 0 saturated carbocycles. The average Bonchev–Trinajstić information content (AvgIpc) is 2.62. The van der Waals surface area contributed by atoms with Crippen molar-refractivity contribution in [3.05, 3.63) is 35.4 Å². The van der Waals surface area contributed by atoms with Crippen LogP contribution in [-0.2, 0) is 6.54 Å². The van der Waals surface area contributed by atoms with Crippen molar-refractivity contribution < 1.29 is 4.79 Å². The second-order valence-electron chi connectivity index (χ2n) is 6.65. The number of carbonyl (C=O) groups excluding carboxylic acids is 1. The van der Waals surface area contributed by atoms with E-state index in [1.807, 2.05) is 12.1 Å². The fourth-order valence-corrected chi connectivity index (χ4v) is 3.22. The van der Waals surface area contributed by atoms with Gasteiger partial charge in [-0.15, -0.1) is 0 Å².